The summed E-state index contributed by atoms with van der Waals surface area (Å²) < 4.78 is 4.87. The third kappa shape index (κ3) is 1.45. The van der Waals surface area contributed by atoms with Crippen LogP contribution < -0.4 is 0 Å². The number of carbonyl (C=O) groups excluding carboxylic acids is 1. The van der Waals surface area contributed by atoms with Crippen LogP contribution in [0.4, 0.5) is 0 Å². The van der Waals surface area contributed by atoms with Gasteiger partial charge in [0, 0.05) is 5.56 Å². The molecule has 0 bridgehead atoms. The van der Waals surface area contributed by atoms with Gasteiger partial charge in [-0.25, -0.2) is 4.79 Å². The van der Waals surface area contributed by atoms with Gasteiger partial charge >= 0.3 is 5.97 Å². The van der Waals surface area contributed by atoms with Gasteiger partial charge in [-0.3, -0.25) is 0 Å². The molecular weight excluding hydrogens is 212 g/mol. The minimum atomic E-state index is -1.03. The van der Waals surface area contributed by atoms with Crippen LogP contribution in [0.5, 0.6) is 5.75 Å². The fraction of sp³-hybridized carbons (Fsp3) is 0.364. The van der Waals surface area contributed by atoms with Crippen LogP contribution in [0.15, 0.2) is 12.1 Å². The van der Waals surface area contributed by atoms with Crippen LogP contribution in [0.1, 0.15) is 34.5 Å². The predicted octanol–water partition coefficient (Wildman–Crippen LogP) is 0.477. The van der Waals surface area contributed by atoms with Gasteiger partial charge in [-0.1, -0.05) is 6.07 Å². The molecule has 86 valence electrons. The number of rotatable bonds is 1. The fourth-order valence-electron chi connectivity index (χ4n) is 1.87. The zero-order valence-electron chi connectivity index (χ0n) is 8.67. The van der Waals surface area contributed by atoms with E-state index in [4.69, 9.17) is 9.84 Å². The van der Waals surface area contributed by atoms with Crippen molar-refractivity contribution in [1.29, 1.82) is 0 Å². The van der Waals surface area contributed by atoms with Crippen molar-refractivity contribution in [2.75, 3.05) is 0 Å². The maximum absolute atomic E-state index is 11.6. The van der Waals surface area contributed by atoms with E-state index in [0.717, 1.165) is 0 Å². The average molecular weight is 224 g/mol. The summed E-state index contributed by atoms with van der Waals surface area (Å²) in [6.07, 6.45) is -1.71. The molecule has 0 radical (unpaired) electrons. The first-order valence-electron chi connectivity index (χ1n) is 4.91. The summed E-state index contributed by atoms with van der Waals surface area (Å²) in [5, 5.41) is 28.6. The van der Waals surface area contributed by atoms with Gasteiger partial charge in [0.15, 0.2) is 0 Å². The number of hydrogen-bond donors (Lipinski definition) is 3. The molecule has 2 rings (SSSR count). The van der Waals surface area contributed by atoms with E-state index < -0.39 is 18.2 Å². The number of phenols is 1. The lowest BCUT2D eigenvalue weighted by atomic mass is 9.91. The molecule has 0 fully saturated rings. The van der Waals surface area contributed by atoms with Gasteiger partial charge in [0.25, 0.3) is 0 Å². The molecular formula is C11H12O5. The molecule has 0 aliphatic carbocycles. The first-order chi connectivity index (χ1) is 7.56. The number of fused-ring (bicyclic) bond motifs is 1. The van der Waals surface area contributed by atoms with Crippen LogP contribution in [0.3, 0.4) is 0 Å². The molecule has 0 saturated heterocycles. The van der Waals surface area contributed by atoms with Crippen LogP contribution >= 0.6 is 0 Å². The molecule has 5 nitrogen and oxygen atoms in total. The van der Waals surface area contributed by atoms with E-state index in [-0.39, 0.29) is 23.5 Å². The predicted molar refractivity (Wildman–Crippen MR) is 53.9 cm³/mol. The van der Waals surface area contributed by atoms with Crippen LogP contribution in [0.25, 0.3) is 0 Å². The monoisotopic (exact) mass is 224 g/mol. The lowest BCUT2D eigenvalue weighted by Gasteiger charge is -2.29. The number of aromatic hydroxyl groups is 1. The molecule has 0 amide bonds. The van der Waals surface area contributed by atoms with Gasteiger partial charge in [-0.2, -0.15) is 0 Å². The summed E-state index contributed by atoms with van der Waals surface area (Å²) in [5.41, 5.74) is 0.618. The topological polar surface area (TPSA) is 87.0 Å². The molecule has 1 aliphatic heterocycles. The summed E-state index contributed by atoms with van der Waals surface area (Å²) in [6, 6.07) is 2.77. The normalized spacial score (nSPS) is 23.8. The Hall–Kier alpha value is -1.59. The number of cyclic esters (lactones) is 1. The highest BCUT2D eigenvalue weighted by Crippen LogP contribution is 2.36. The Balaban J connectivity index is 2.69. The standard InChI is InChI=1S/C11H12O5/c1-5-10(14)8-6(4-12)2-3-7(13)9(8)11(15)16-5/h2-3,5,10,12-14H,4H2,1H3. The Morgan fingerprint density at radius 3 is 2.75 bits per heavy atom. The number of esters is 1. The number of ether oxygens (including phenoxy) is 1. The number of phenolic OH excluding ortho intramolecular Hbond substituents is 1. The van der Waals surface area contributed by atoms with E-state index in [1.807, 2.05) is 0 Å². The van der Waals surface area contributed by atoms with Crippen LogP contribution in [0, 0.1) is 0 Å². The second-order valence-electron chi connectivity index (χ2n) is 3.75. The highest BCUT2D eigenvalue weighted by Gasteiger charge is 2.35. The Morgan fingerprint density at radius 2 is 2.12 bits per heavy atom. The smallest absolute Gasteiger partial charge is 0.342 e. The van der Waals surface area contributed by atoms with E-state index in [1.165, 1.54) is 12.1 Å². The zero-order chi connectivity index (χ0) is 11.9. The van der Waals surface area contributed by atoms with Crippen molar-refractivity contribution in [1.82, 2.24) is 0 Å². The van der Waals surface area contributed by atoms with E-state index in [0.29, 0.717) is 5.56 Å². The third-order valence-corrected chi connectivity index (χ3v) is 2.72. The molecule has 1 aromatic rings. The molecule has 3 N–H and O–H groups in total. The summed E-state index contributed by atoms with van der Waals surface area (Å²) in [5.74, 6) is -0.927. The quantitative estimate of drug-likeness (QED) is 0.604. The Bertz CT molecular complexity index is 440. The number of aliphatic hydroxyl groups excluding tert-OH is 2. The summed E-state index contributed by atoms with van der Waals surface area (Å²) >= 11 is 0. The van der Waals surface area contributed by atoms with Crippen LogP contribution in [-0.2, 0) is 11.3 Å². The highest BCUT2D eigenvalue weighted by molar-refractivity contribution is 5.95. The molecule has 2 atom stereocenters. The molecule has 1 heterocycles. The van der Waals surface area contributed by atoms with E-state index >= 15 is 0 Å². The molecule has 16 heavy (non-hydrogen) atoms. The number of aliphatic hydroxyl groups is 2. The molecule has 1 aliphatic rings. The van der Waals surface area contributed by atoms with Gasteiger partial charge in [-0.15, -0.1) is 0 Å². The number of benzene rings is 1. The molecule has 2 unspecified atom stereocenters. The SMILES string of the molecule is CC1OC(=O)c2c(O)ccc(CO)c2C1O. The lowest BCUT2D eigenvalue weighted by Crippen LogP contribution is -2.31. The second-order valence-corrected chi connectivity index (χ2v) is 3.75. The Labute approximate surface area is 91.9 Å². The van der Waals surface area contributed by atoms with Crippen molar-refractivity contribution in [3.8, 4) is 5.75 Å². The Kier molecular flexibility index (Phi) is 2.57. The van der Waals surface area contributed by atoms with Gasteiger partial charge < -0.3 is 20.1 Å². The second kappa shape index (κ2) is 3.77. The molecule has 0 saturated carbocycles. The lowest BCUT2D eigenvalue weighted by molar-refractivity contribution is -0.0223. The minimum Gasteiger partial charge on any atom is -0.507 e. The van der Waals surface area contributed by atoms with E-state index in [2.05, 4.69) is 0 Å². The highest BCUT2D eigenvalue weighted by atomic mass is 16.6. The average Bonchev–Trinajstić information content (AvgIpc) is 2.25. The third-order valence-electron chi connectivity index (χ3n) is 2.72. The minimum absolute atomic E-state index is 0.0582. The largest absolute Gasteiger partial charge is 0.507 e. The van der Waals surface area contributed by atoms with Crippen molar-refractivity contribution >= 4 is 5.97 Å². The van der Waals surface area contributed by atoms with Gasteiger partial charge in [0.2, 0.25) is 0 Å². The van der Waals surface area contributed by atoms with Gasteiger partial charge in [0.1, 0.15) is 23.5 Å². The first-order valence-corrected chi connectivity index (χ1v) is 4.91. The molecule has 0 aromatic heterocycles. The molecule has 1 aromatic carbocycles. The van der Waals surface area contributed by atoms with Crippen molar-refractivity contribution in [2.24, 2.45) is 0 Å². The molecule has 0 spiro atoms. The van der Waals surface area contributed by atoms with Crippen molar-refractivity contribution in [3.05, 3.63) is 28.8 Å². The van der Waals surface area contributed by atoms with Crippen molar-refractivity contribution in [3.63, 3.8) is 0 Å². The molecule has 5 heteroatoms. The van der Waals surface area contributed by atoms with Crippen molar-refractivity contribution < 1.29 is 24.9 Å². The summed E-state index contributed by atoms with van der Waals surface area (Å²) in [6.45, 7) is 1.25. The number of hydrogen-bond acceptors (Lipinski definition) is 5. The van der Waals surface area contributed by atoms with Gasteiger partial charge in [0.05, 0.1) is 6.61 Å². The summed E-state index contributed by atoms with van der Waals surface area (Å²) in [7, 11) is 0. The first kappa shape index (κ1) is 10.9. The van der Waals surface area contributed by atoms with Crippen molar-refractivity contribution in [2.45, 2.75) is 25.7 Å². The maximum atomic E-state index is 11.6. The van der Waals surface area contributed by atoms with E-state index in [1.54, 1.807) is 6.92 Å². The fourth-order valence-corrected chi connectivity index (χ4v) is 1.87. The van der Waals surface area contributed by atoms with E-state index in [9.17, 15) is 15.0 Å². The summed E-state index contributed by atoms with van der Waals surface area (Å²) in [4.78, 5) is 11.6. The maximum Gasteiger partial charge on any atom is 0.342 e. The van der Waals surface area contributed by atoms with Crippen LogP contribution in [0.2, 0.25) is 0 Å². The van der Waals surface area contributed by atoms with Gasteiger partial charge in [-0.05, 0) is 18.6 Å². The zero-order valence-corrected chi connectivity index (χ0v) is 8.67. The Morgan fingerprint density at radius 1 is 1.44 bits per heavy atom. The van der Waals surface area contributed by atoms with Crippen LogP contribution in [-0.4, -0.2) is 27.4 Å². The number of carbonyl (C=O) groups is 1.